The lowest BCUT2D eigenvalue weighted by atomic mass is 10.0. The second-order valence-electron chi connectivity index (χ2n) is 6.22. The summed E-state index contributed by atoms with van der Waals surface area (Å²) in [6.45, 7) is 15.0. The number of hydrogen-bond donors (Lipinski definition) is 2. The molecule has 0 bridgehead atoms. The SMILES string of the molecule is C=C(C)C(=C)CNc1cccc(Nc2ccc(C(C)C)cc2)c1. The van der Waals surface area contributed by atoms with Gasteiger partial charge in [-0.2, -0.15) is 0 Å². The van der Waals surface area contributed by atoms with E-state index in [4.69, 9.17) is 0 Å². The van der Waals surface area contributed by atoms with Crippen LogP contribution >= 0.6 is 0 Å². The van der Waals surface area contributed by atoms with Crippen molar-refractivity contribution in [2.75, 3.05) is 17.2 Å². The van der Waals surface area contributed by atoms with Crippen LogP contribution in [-0.2, 0) is 0 Å². The van der Waals surface area contributed by atoms with Gasteiger partial charge < -0.3 is 10.6 Å². The molecule has 0 radical (unpaired) electrons. The lowest BCUT2D eigenvalue weighted by Gasteiger charge is -2.12. The average molecular weight is 306 g/mol. The molecule has 0 aliphatic heterocycles. The highest BCUT2D eigenvalue weighted by Gasteiger charge is 2.01. The summed E-state index contributed by atoms with van der Waals surface area (Å²) in [6, 6.07) is 16.8. The Kier molecular flexibility index (Phi) is 5.64. The molecule has 0 spiro atoms. The van der Waals surface area contributed by atoms with Crippen LogP contribution in [0.4, 0.5) is 17.1 Å². The molecule has 0 aliphatic carbocycles. The van der Waals surface area contributed by atoms with E-state index in [1.165, 1.54) is 5.56 Å². The lowest BCUT2D eigenvalue weighted by Crippen LogP contribution is -2.04. The van der Waals surface area contributed by atoms with Gasteiger partial charge >= 0.3 is 0 Å². The highest BCUT2D eigenvalue weighted by Crippen LogP contribution is 2.22. The molecule has 0 amide bonds. The summed E-state index contributed by atoms with van der Waals surface area (Å²) in [4.78, 5) is 0. The van der Waals surface area contributed by atoms with Crippen LogP contribution in [-0.4, -0.2) is 6.54 Å². The quantitative estimate of drug-likeness (QED) is 0.604. The predicted molar refractivity (Wildman–Crippen MR) is 103 cm³/mol. The van der Waals surface area contributed by atoms with Crippen molar-refractivity contribution in [1.29, 1.82) is 0 Å². The number of anilines is 3. The summed E-state index contributed by atoms with van der Waals surface area (Å²) in [7, 11) is 0. The van der Waals surface area contributed by atoms with Gasteiger partial charge in [0.05, 0.1) is 0 Å². The van der Waals surface area contributed by atoms with Crippen LogP contribution in [0.1, 0.15) is 32.3 Å². The van der Waals surface area contributed by atoms with Crippen LogP contribution in [0.5, 0.6) is 0 Å². The van der Waals surface area contributed by atoms with E-state index in [0.717, 1.165) is 28.2 Å². The van der Waals surface area contributed by atoms with E-state index in [1.54, 1.807) is 0 Å². The fraction of sp³-hybridized carbons (Fsp3) is 0.238. The van der Waals surface area contributed by atoms with Gasteiger partial charge in [-0.05, 0) is 54.3 Å². The second-order valence-corrected chi connectivity index (χ2v) is 6.22. The maximum absolute atomic E-state index is 4.00. The zero-order valence-corrected chi connectivity index (χ0v) is 14.3. The van der Waals surface area contributed by atoms with Crippen LogP contribution in [0.15, 0.2) is 72.8 Å². The predicted octanol–water partition coefficient (Wildman–Crippen LogP) is 6.10. The van der Waals surface area contributed by atoms with Crippen molar-refractivity contribution in [3.05, 3.63) is 78.4 Å². The zero-order chi connectivity index (χ0) is 16.8. The highest BCUT2D eigenvalue weighted by atomic mass is 14.9. The average Bonchev–Trinajstić information content (AvgIpc) is 2.53. The molecule has 2 heteroatoms. The van der Waals surface area contributed by atoms with E-state index in [0.29, 0.717) is 12.5 Å². The van der Waals surface area contributed by atoms with Crippen molar-refractivity contribution < 1.29 is 0 Å². The Labute approximate surface area is 139 Å². The molecule has 0 saturated heterocycles. The van der Waals surface area contributed by atoms with Crippen LogP contribution in [0.3, 0.4) is 0 Å². The molecule has 2 nitrogen and oxygen atoms in total. The lowest BCUT2D eigenvalue weighted by molar-refractivity contribution is 0.867. The Morgan fingerprint density at radius 3 is 2.22 bits per heavy atom. The first kappa shape index (κ1) is 16.9. The smallest absolute Gasteiger partial charge is 0.0404 e. The maximum Gasteiger partial charge on any atom is 0.0404 e. The van der Waals surface area contributed by atoms with Crippen molar-refractivity contribution in [3.8, 4) is 0 Å². The van der Waals surface area contributed by atoms with Crippen LogP contribution in [0.2, 0.25) is 0 Å². The molecule has 2 aromatic carbocycles. The minimum atomic E-state index is 0.554. The third kappa shape index (κ3) is 5.03. The van der Waals surface area contributed by atoms with E-state index in [9.17, 15) is 0 Å². The van der Waals surface area contributed by atoms with Gasteiger partial charge in [-0.25, -0.2) is 0 Å². The third-order valence-electron chi connectivity index (χ3n) is 3.84. The first-order chi connectivity index (χ1) is 11.0. The number of benzene rings is 2. The van der Waals surface area contributed by atoms with E-state index >= 15 is 0 Å². The Bertz CT molecular complexity index is 681. The molecule has 0 saturated carbocycles. The summed E-state index contributed by atoms with van der Waals surface area (Å²) in [5.74, 6) is 0.554. The van der Waals surface area contributed by atoms with Gasteiger partial charge in [-0.3, -0.25) is 0 Å². The van der Waals surface area contributed by atoms with E-state index in [1.807, 2.05) is 13.0 Å². The minimum Gasteiger partial charge on any atom is -0.381 e. The molecule has 0 atom stereocenters. The number of nitrogens with one attached hydrogen (secondary N) is 2. The molecule has 0 unspecified atom stereocenters. The Balaban J connectivity index is 2.02. The van der Waals surface area contributed by atoms with E-state index in [2.05, 4.69) is 80.1 Å². The summed E-state index contributed by atoms with van der Waals surface area (Å²) in [6.07, 6.45) is 0. The molecule has 0 aliphatic rings. The second kappa shape index (κ2) is 7.68. The highest BCUT2D eigenvalue weighted by molar-refractivity contribution is 5.65. The first-order valence-corrected chi connectivity index (χ1v) is 8.00. The van der Waals surface area contributed by atoms with E-state index in [-0.39, 0.29) is 0 Å². The van der Waals surface area contributed by atoms with Gasteiger partial charge in [0.15, 0.2) is 0 Å². The molecule has 0 heterocycles. The van der Waals surface area contributed by atoms with Crippen molar-refractivity contribution in [2.24, 2.45) is 0 Å². The summed E-state index contributed by atoms with van der Waals surface area (Å²) in [5, 5.41) is 6.82. The molecule has 0 fully saturated rings. The molecule has 0 aromatic heterocycles. The van der Waals surface area contributed by atoms with Gasteiger partial charge in [-0.15, -0.1) is 0 Å². The van der Waals surface area contributed by atoms with Gasteiger partial charge in [0.25, 0.3) is 0 Å². The molecular weight excluding hydrogens is 280 g/mol. The van der Waals surface area contributed by atoms with Gasteiger partial charge in [0.2, 0.25) is 0 Å². The third-order valence-corrected chi connectivity index (χ3v) is 3.84. The van der Waals surface area contributed by atoms with E-state index < -0.39 is 0 Å². The first-order valence-electron chi connectivity index (χ1n) is 8.00. The van der Waals surface area contributed by atoms with Crippen molar-refractivity contribution in [1.82, 2.24) is 0 Å². The molecule has 2 rings (SSSR count). The zero-order valence-electron chi connectivity index (χ0n) is 14.3. The fourth-order valence-corrected chi connectivity index (χ4v) is 2.18. The number of hydrogen-bond acceptors (Lipinski definition) is 2. The van der Waals surface area contributed by atoms with Crippen LogP contribution in [0, 0.1) is 0 Å². The molecule has 120 valence electrons. The van der Waals surface area contributed by atoms with Crippen LogP contribution < -0.4 is 10.6 Å². The fourth-order valence-electron chi connectivity index (χ4n) is 2.18. The maximum atomic E-state index is 4.00. The summed E-state index contributed by atoms with van der Waals surface area (Å²) >= 11 is 0. The van der Waals surface area contributed by atoms with Crippen molar-refractivity contribution in [3.63, 3.8) is 0 Å². The Morgan fingerprint density at radius 1 is 0.957 bits per heavy atom. The summed E-state index contributed by atoms with van der Waals surface area (Å²) < 4.78 is 0. The largest absolute Gasteiger partial charge is 0.381 e. The Morgan fingerprint density at radius 2 is 1.61 bits per heavy atom. The minimum absolute atomic E-state index is 0.554. The monoisotopic (exact) mass is 306 g/mol. The topological polar surface area (TPSA) is 24.1 Å². The van der Waals surface area contributed by atoms with Crippen molar-refractivity contribution in [2.45, 2.75) is 26.7 Å². The van der Waals surface area contributed by atoms with Gasteiger partial charge in [0.1, 0.15) is 0 Å². The van der Waals surface area contributed by atoms with Crippen molar-refractivity contribution >= 4 is 17.1 Å². The molecule has 2 N–H and O–H groups in total. The van der Waals surface area contributed by atoms with Gasteiger partial charge in [-0.1, -0.05) is 50.8 Å². The molecular formula is C21H26N2. The normalized spacial score (nSPS) is 10.4. The van der Waals surface area contributed by atoms with Crippen LogP contribution in [0.25, 0.3) is 0 Å². The molecule has 2 aromatic rings. The molecule has 23 heavy (non-hydrogen) atoms. The standard InChI is InChI=1S/C21H26N2/c1-15(2)17(5)14-22-20-7-6-8-21(13-20)23-19-11-9-18(10-12-19)16(3)4/h6-13,16,22-23H,1,5,14H2,2-4H3. The summed E-state index contributed by atoms with van der Waals surface area (Å²) in [5.41, 5.74) is 6.61. The Hall–Kier alpha value is -2.48. The van der Waals surface area contributed by atoms with Gasteiger partial charge in [0, 0.05) is 23.6 Å². The number of rotatable bonds is 7.